The Labute approximate surface area is 112 Å². The minimum atomic E-state index is -0.259. The Kier molecular flexibility index (Phi) is 3.95. The molecule has 98 valence electrons. The van der Waals surface area contributed by atoms with Gasteiger partial charge in [-0.1, -0.05) is 30.3 Å². The summed E-state index contributed by atoms with van der Waals surface area (Å²) < 4.78 is 13.5. The number of hydrogen-bond acceptors (Lipinski definition) is 1. The normalized spacial score (nSPS) is 10.3. The Morgan fingerprint density at radius 1 is 1.21 bits per heavy atom. The van der Waals surface area contributed by atoms with Gasteiger partial charge in [-0.2, -0.15) is 0 Å². The minimum Gasteiger partial charge on any atom is -0.359 e. The maximum Gasteiger partial charge on any atom is 0.224 e. The lowest BCUT2D eigenvalue weighted by Gasteiger charge is -2.10. The fourth-order valence-corrected chi connectivity index (χ4v) is 2.11. The highest BCUT2D eigenvalue weighted by Gasteiger charge is 2.09. The van der Waals surface area contributed by atoms with E-state index in [0.29, 0.717) is 6.42 Å². The molecule has 0 saturated carbocycles. The van der Waals surface area contributed by atoms with Gasteiger partial charge in [-0.3, -0.25) is 4.79 Å². The Hall–Kier alpha value is -2.16. The van der Waals surface area contributed by atoms with Crippen LogP contribution in [-0.2, 0) is 11.2 Å². The standard InChI is InChI=1S/C16H16FNO/c1-11-7-13(9-14(17)8-11)15-6-4-3-5-12(15)10-16(19)18-2/h3-9H,10H2,1-2H3,(H,18,19). The van der Waals surface area contributed by atoms with Crippen molar-refractivity contribution in [3.05, 3.63) is 59.4 Å². The Bertz CT molecular complexity index is 587. The van der Waals surface area contributed by atoms with E-state index in [-0.39, 0.29) is 11.7 Å². The number of aryl methyl sites for hydroxylation is 1. The molecule has 0 fully saturated rings. The highest BCUT2D eigenvalue weighted by molar-refractivity contribution is 5.81. The summed E-state index contributed by atoms with van der Waals surface area (Å²) in [5, 5.41) is 2.60. The van der Waals surface area contributed by atoms with Crippen molar-refractivity contribution in [1.82, 2.24) is 5.32 Å². The smallest absolute Gasteiger partial charge is 0.224 e. The summed E-state index contributed by atoms with van der Waals surface area (Å²) in [6.45, 7) is 1.86. The predicted octanol–water partition coefficient (Wildman–Crippen LogP) is 3.09. The van der Waals surface area contributed by atoms with Crippen LogP contribution in [0.2, 0.25) is 0 Å². The van der Waals surface area contributed by atoms with Crippen LogP contribution >= 0.6 is 0 Å². The number of benzene rings is 2. The molecule has 0 radical (unpaired) electrons. The molecule has 0 heterocycles. The molecule has 1 amide bonds. The number of hydrogen-bond donors (Lipinski definition) is 1. The van der Waals surface area contributed by atoms with Gasteiger partial charge in [0, 0.05) is 7.05 Å². The second-order valence-electron chi connectivity index (χ2n) is 4.52. The van der Waals surface area contributed by atoms with Gasteiger partial charge in [-0.25, -0.2) is 4.39 Å². The van der Waals surface area contributed by atoms with Gasteiger partial charge in [0.1, 0.15) is 5.82 Å². The van der Waals surface area contributed by atoms with Gasteiger partial charge in [-0.05, 0) is 41.3 Å². The maximum absolute atomic E-state index is 13.5. The summed E-state index contributed by atoms with van der Waals surface area (Å²) in [7, 11) is 1.61. The zero-order valence-electron chi connectivity index (χ0n) is 11.0. The van der Waals surface area contributed by atoms with Crippen LogP contribution in [0, 0.1) is 12.7 Å². The van der Waals surface area contributed by atoms with Crippen LogP contribution in [0.15, 0.2) is 42.5 Å². The number of rotatable bonds is 3. The molecule has 0 saturated heterocycles. The van der Waals surface area contributed by atoms with E-state index in [1.165, 1.54) is 12.1 Å². The monoisotopic (exact) mass is 257 g/mol. The fourth-order valence-electron chi connectivity index (χ4n) is 2.11. The van der Waals surface area contributed by atoms with Gasteiger partial charge >= 0.3 is 0 Å². The van der Waals surface area contributed by atoms with E-state index in [0.717, 1.165) is 22.3 Å². The zero-order valence-corrected chi connectivity index (χ0v) is 11.0. The van der Waals surface area contributed by atoms with Crippen molar-refractivity contribution in [2.45, 2.75) is 13.3 Å². The first-order chi connectivity index (χ1) is 9.10. The van der Waals surface area contributed by atoms with Gasteiger partial charge in [0.2, 0.25) is 5.91 Å². The predicted molar refractivity (Wildman–Crippen MR) is 74.3 cm³/mol. The van der Waals surface area contributed by atoms with Crippen LogP contribution in [0.25, 0.3) is 11.1 Å². The molecule has 1 N–H and O–H groups in total. The summed E-state index contributed by atoms with van der Waals surface area (Å²) in [5.41, 5.74) is 3.46. The molecular formula is C16H16FNO. The molecule has 0 spiro atoms. The van der Waals surface area contributed by atoms with Crippen LogP contribution in [0.3, 0.4) is 0 Å². The summed E-state index contributed by atoms with van der Waals surface area (Å²) in [5.74, 6) is -0.315. The summed E-state index contributed by atoms with van der Waals surface area (Å²) in [6, 6.07) is 12.5. The Balaban J connectivity index is 2.46. The first kappa shape index (κ1) is 13.3. The van der Waals surface area contributed by atoms with E-state index in [1.54, 1.807) is 7.05 Å². The quantitative estimate of drug-likeness (QED) is 0.899. The van der Waals surface area contributed by atoms with Crippen molar-refractivity contribution in [3.8, 4) is 11.1 Å². The van der Waals surface area contributed by atoms with E-state index in [2.05, 4.69) is 5.32 Å². The van der Waals surface area contributed by atoms with Crippen LogP contribution in [0.1, 0.15) is 11.1 Å². The van der Waals surface area contributed by atoms with Crippen molar-refractivity contribution in [3.63, 3.8) is 0 Å². The van der Waals surface area contributed by atoms with E-state index in [4.69, 9.17) is 0 Å². The fraction of sp³-hybridized carbons (Fsp3) is 0.188. The lowest BCUT2D eigenvalue weighted by molar-refractivity contribution is -0.119. The number of halogens is 1. The SMILES string of the molecule is CNC(=O)Cc1ccccc1-c1cc(C)cc(F)c1. The number of amides is 1. The van der Waals surface area contributed by atoms with Crippen LogP contribution in [-0.4, -0.2) is 13.0 Å². The molecule has 2 aromatic carbocycles. The maximum atomic E-state index is 13.5. The Morgan fingerprint density at radius 2 is 1.95 bits per heavy atom. The first-order valence-electron chi connectivity index (χ1n) is 6.16. The van der Waals surface area contributed by atoms with Gasteiger partial charge in [0.25, 0.3) is 0 Å². The molecule has 0 aliphatic rings. The second-order valence-corrected chi connectivity index (χ2v) is 4.52. The molecular weight excluding hydrogens is 241 g/mol. The second kappa shape index (κ2) is 5.65. The third-order valence-electron chi connectivity index (χ3n) is 3.00. The molecule has 0 aliphatic heterocycles. The van der Waals surface area contributed by atoms with Crippen molar-refractivity contribution in [1.29, 1.82) is 0 Å². The summed E-state index contributed by atoms with van der Waals surface area (Å²) >= 11 is 0. The van der Waals surface area contributed by atoms with Gasteiger partial charge in [0.05, 0.1) is 6.42 Å². The van der Waals surface area contributed by atoms with Crippen molar-refractivity contribution in [2.75, 3.05) is 7.05 Å². The van der Waals surface area contributed by atoms with Crippen LogP contribution in [0.4, 0.5) is 4.39 Å². The van der Waals surface area contributed by atoms with E-state index < -0.39 is 0 Å². The van der Waals surface area contributed by atoms with Crippen molar-refractivity contribution in [2.24, 2.45) is 0 Å². The van der Waals surface area contributed by atoms with Crippen molar-refractivity contribution >= 4 is 5.91 Å². The average molecular weight is 257 g/mol. The van der Waals surface area contributed by atoms with Gasteiger partial charge in [-0.15, -0.1) is 0 Å². The number of carbonyl (C=O) groups is 1. The number of nitrogens with one attached hydrogen (secondary N) is 1. The lowest BCUT2D eigenvalue weighted by Crippen LogP contribution is -2.20. The zero-order chi connectivity index (χ0) is 13.8. The molecule has 0 aliphatic carbocycles. The summed E-state index contributed by atoms with van der Waals surface area (Å²) in [4.78, 5) is 11.5. The topological polar surface area (TPSA) is 29.1 Å². The molecule has 0 bridgehead atoms. The molecule has 2 rings (SSSR count). The lowest BCUT2D eigenvalue weighted by atomic mass is 9.96. The van der Waals surface area contributed by atoms with Crippen LogP contribution < -0.4 is 5.32 Å². The van der Waals surface area contributed by atoms with Crippen LogP contribution in [0.5, 0.6) is 0 Å². The van der Waals surface area contributed by atoms with E-state index in [9.17, 15) is 9.18 Å². The number of carbonyl (C=O) groups excluding carboxylic acids is 1. The molecule has 0 unspecified atom stereocenters. The minimum absolute atomic E-state index is 0.0550. The van der Waals surface area contributed by atoms with Gasteiger partial charge in [0.15, 0.2) is 0 Å². The van der Waals surface area contributed by atoms with Crippen molar-refractivity contribution < 1.29 is 9.18 Å². The first-order valence-corrected chi connectivity index (χ1v) is 6.16. The molecule has 2 aromatic rings. The molecule has 0 atom stereocenters. The van der Waals surface area contributed by atoms with E-state index in [1.807, 2.05) is 37.3 Å². The van der Waals surface area contributed by atoms with Gasteiger partial charge < -0.3 is 5.32 Å². The largest absolute Gasteiger partial charge is 0.359 e. The Morgan fingerprint density at radius 3 is 2.63 bits per heavy atom. The average Bonchev–Trinajstić information content (AvgIpc) is 2.38. The molecule has 0 aromatic heterocycles. The molecule has 2 nitrogen and oxygen atoms in total. The third-order valence-corrected chi connectivity index (χ3v) is 3.00. The highest BCUT2D eigenvalue weighted by Crippen LogP contribution is 2.26. The molecule has 19 heavy (non-hydrogen) atoms. The third kappa shape index (κ3) is 3.19. The summed E-state index contributed by atoms with van der Waals surface area (Å²) in [6.07, 6.45) is 0.294. The molecule has 3 heteroatoms. The highest BCUT2D eigenvalue weighted by atomic mass is 19.1. The van der Waals surface area contributed by atoms with E-state index >= 15 is 0 Å². The number of likely N-dealkylation sites (N-methyl/N-ethyl adjacent to an activating group) is 1.